The van der Waals surface area contributed by atoms with Crippen molar-refractivity contribution in [3.8, 4) is 5.75 Å². The summed E-state index contributed by atoms with van der Waals surface area (Å²) in [5.41, 5.74) is 1.03. The molecule has 2 amide bonds. The molecule has 1 saturated heterocycles. The van der Waals surface area contributed by atoms with E-state index in [1.165, 1.54) is 0 Å². The van der Waals surface area contributed by atoms with Crippen LogP contribution in [0.1, 0.15) is 24.7 Å². The van der Waals surface area contributed by atoms with Gasteiger partial charge < -0.3 is 19.0 Å². The number of rotatable bonds is 7. The summed E-state index contributed by atoms with van der Waals surface area (Å²) in [7, 11) is 1.78. The van der Waals surface area contributed by atoms with Crippen LogP contribution in [0.3, 0.4) is 0 Å². The van der Waals surface area contributed by atoms with Crippen LogP contribution >= 0.6 is 0 Å². The molecule has 138 valence electrons. The molecule has 3 rings (SSSR count). The van der Waals surface area contributed by atoms with Crippen molar-refractivity contribution in [2.24, 2.45) is 5.92 Å². The Morgan fingerprint density at radius 1 is 1.31 bits per heavy atom. The number of carbonyl (C=O) groups is 2. The number of nitrogens with zero attached hydrogens (tertiary/aromatic N) is 2. The van der Waals surface area contributed by atoms with E-state index in [0.717, 1.165) is 17.1 Å². The molecule has 0 spiro atoms. The minimum absolute atomic E-state index is 0.00535. The zero-order valence-corrected chi connectivity index (χ0v) is 15.2. The summed E-state index contributed by atoms with van der Waals surface area (Å²) in [6.45, 7) is 3.93. The van der Waals surface area contributed by atoms with Gasteiger partial charge in [0.15, 0.2) is 0 Å². The standard InChI is InChI=1S/C20H24N2O4/c1-3-25-17-8-6-15(7-9-17)12-21(2)20(24)16-11-19(23)22(13-16)14-18-5-4-10-26-18/h4-10,16H,3,11-14H2,1-2H3/t16-/m1/s1. The molecule has 1 aliphatic heterocycles. The molecule has 0 bridgehead atoms. The third kappa shape index (κ3) is 4.25. The second kappa shape index (κ2) is 8.08. The van der Waals surface area contributed by atoms with Gasteiger partial charge in [-0.05, 0) is 36.8 Å². The highest BCUT2D eigenvalue weighted by Crippen LogP contribution is 2.23. The van der Waals surface area contributed by atoms with Crippen LogP contribution in [0.5, 0.6) is 5.75 Å². The van der Waals surface area contributed by atoms with Crippen molar-refractivity contribution in [2.45, 2.75) is 26.4 Å². The van der Waals surface area contributed by atoms with Crippen LogP contribution in [0.25, 0.3) is 0 Å². The first-order chi connectivity index (χ1) is 12.6. The fourth-order valence-electron chi connectivity index (χ4n) is 3.20. The molecule has 0 unspecified atom stereocenters. The number of hydrogen-bond donors (Lipinski definition) is 0. The van der Waals surface area contributed by atoms with Gasteiger partial charge in [0.1, 0.15) is 11.5 Å². The molecule has 0 radical (unpaired) electrons. The lowest BCUT2D eigenvalue weighted by molar-refractivity contribution is -0.135. The Hall–Kier alpha value is -2.76. The second-order valence-corrected chi connectivity index (χ2v) is 6.53. The maximum Gasteiger partial charge on any atom is 0.228 e. The number of hydrogen-bond acceptors (Lipinski definition) is 4. The van der Waals surface area contributed by atoms with E-state index in [2.05, 4.69) is 0 Å². The van der Waals surface area contributed by atoms with Crippen molar-refractivity contribution in [3.05, 3.63) is 54.0 Å². The van der Waals surface area contributed by atoms with Crippen LogP contribution in [0.15, 0.2) is 47.1 Å². The first-order valence-electron chi connectivity index (χ1n) is 8.83. The van der Waals surface area contributed by atoms with Crippen molar-refractivity contribution in [1.82, 2.24) is 9.80 Å². The van der Waals surface area contributed by atoms with Crippen LogP contribution in [0.4, 0.5) is 0 Å². The second-order valence-electron chi connectivity index (χ2n) is 6.53. The average molecular weight is 356 g/mol. The number of ether oxygens (including phenoxy) is 1. The van der Waals surface area contributed by atoms with Crippen LogP contribution in [-0.2, 0) is 22.7 Å². The maximum atomic E-state index is 12.7. The number of furan rings is 1. The van der Waals surface area contributed by atoms with Gasteiger partial charge in [0.05, 0.1) is 25.3 Å². The quantitative estimate of drug-likeness (QED) is 0.765. The molecular formula is C20H24N2O4. The van der Waals surface area contributed by atoms with Gasteiger partial charge in [-0.15, -0.1) is 0 Å². The molecule has 6 nitrogen and oxygen atoms in total. The summed E-state index contributed by atoms with van der Waals surface area (Å²) >= 11 is 0. The lowest BCUT2D eigenvalue weighted by atomic mass is 10.1. The first kappa shape index (κ1) is 18.0. The van der Waals surface area contributed by atoms with E-state index in [1.807, 2.05) is 37.3 Å². The number of benzene rings is 1. The molecule has 2 heterocycles. The SMILES string of the molecule is CCOc1ccc(CN(C)C(=O)[C@@H]2CC(=O)N(Cc3ccco3)C2)cc1. The summed E-state index contributed by atoms with van der Waals surface area (Å²) in [5, 5.41) is 0. The third-order valence-electron chi connectivity index (χ3n) is 4.52. The maximum absolute atomic E-state index is 12.7. The van der Waals surface area contributed by atoms with Crippen molar-refractivity contribution in [1.29, 1.82) is 0 Å². The van der Waals surface area contributed by atoms with Gasteiger partial charge >= 0.3 is 0 Å². The Morgan fingerprint density at radius 2 is 2.08 bits per heavy atom. The number of carbonyl (C=O) groups excluding carboxylic acids is 2. The molecule has 2 aromatic rings. The Morgan fingerprint density at radius 3 is 2.73 bits per heavy atom. The van der Waals surface area contributed by atoms with Crippen LogP contribution in [0, 0.1) is 5.92 Å². The topological polar surface area (TPSA) is 63.0 Å². The van der Waals surface area contributed by atoms with Crippen molar-refractivity contribution in [2.75, 3.05) is 20.2 Å². The van der Waals surface area contributed by atoms with Gasteiger partial charge in [-0.3, -0.25) is 9.59 Å². The Bertz CT molecular complexity index is 740. The van der Waals surface area contributed by atoms with Gasteiger partial charge in [-0.1, -0.05) is 12.1 Å². The predicted octanol–water partition coefficient (Wildman–Crippen LogP) is 2.69. The van der Waals surface area contributed by atoms with Crippen molar-refractivity contribution >= 4 is 11.8 Å². The van der Waals surface area contributed by atoms with Crippen LogP contribution in [0.2, 0.25) is 0 Å². The fourth-order valence-corrected chi connectivity index (χ4v) is 3.20. The lowest BCUT2D eigenvalue weighted by Gasteiger charge is -2.21. The van der Waals surface area contributed by atoms with Crippen molar-refractivity contribution in [3.63, 3.8) is 0 Å². The van der Waals surface area contributed by atoms with Gasteiger partial charge in [0.25, 0.3) is 0 Å². The smallest absolute Gasteiger partial charge is 0.228 e. The normalized spacial score (nSPS) is 16.8. The van der Waals surface area contributed by atoms with Crippen LogP contribution < -0.4 is 4.74 Å². The highest BCUT2D eigenvalue weighted by molar-refractivity contribution is 5.89. The van der Waals surface area contributed by atoms with Gasteiger partial charge in [0, 0.05) is 26.6 Å². The van der Waals surface area contributed by atoms with E-state index in [9.17, 15) is 9.59 Å². The number of likely N-dealkylation sites (tertiary alicyclic amines) is 1. The van der Waals surface area contributed by atoms with E-state index in [1.54, 1.807) is 29.2 Å². The molecule has 1 aromatic carbocycles. The minimum Gasteiger partial charge on any atom is -0.494 e. The molecule has 1 atom stereocenters. The highest BCUT2D eigenvalue weighted by atomic mass is 16.5. The molecule has 0 saturated carbocycles. The minimum atomic E-state index is -0.301. The van der Waals surface area contributed by atoms with Gasteiger partial charge in [-0.2, -0.15) is 0 Å². The summed E-state index contributed by atoms with van der Waals surface area (Å²) in [6.07, 6.45) is 1.84. The Balaban J connectivity index is 1.55. The van der Waals surface area contributed by atoms with E-state index in [-0.39, 0.29) is 24.2 Å². The zero-order chi connectivity index (χ0) is 18.5. The van der Waals surface area contributed by atoms with E-state index in [4.69, 9.17) is 9.15 Å². The van der Waals surface area contributed by atoms with E-state index in [0.29, 0.717) is 26.2 Å². The summed E-state index contributed by atoms with van der Waals surface area (Å²) in [4.78, 5) is 28.3. The molecule has 1 aromatic heterocycles. The summed E-state index contributed by atoms with van der Waals surface area (Å²) in [6, 6.07) is 11.3. The monoisotopic (exact) mass is 356 g/mol. The van der Waals surface area contributed by atoms with Crippen LogP contribution in [-0.4, -0.2) is 41.8 Å². The molecule has 1 aliphatic rings. The van der Waals surface area contributed by atoms with E-state index < -0.39 is 0 Å². The predicted molar refractivity (Wildman–Crippen MR) is 96.3 cm³/mol. The Labute approximate surface area is 153 Å². The molecule has 1 fully saturated rings. The Kier molecular flexibility index (Phi) is 5.61. The van der Waals surface area contributed by atoms with Gasteiger partial charge in [0.2, 0.25) is 11.8 Å². The zero-order valence-electron chi connectivity index (χ0n) is 15.2. The molecule has 26 heavy (non-hydrogen) atoms. The highest BCUT2D eigenvalue weighted by Gasteiger charge is 2.35. The largest absolute Gasteiger partial charge is 0.494 e. The van der Waals surface area contributed by atoms with Gasteiger partial charge in [-0.25, -0.2) is 0 Å². The first-order valence-corrected chi connectivity index (χ1v) is 8.83. The summed E-state index contributed by atoms with van der Waals surface area (Å²) < 4.78 is 10.7. The van der Waals surface area contributed by atoms with E-state index >= 15 is 0 Å². The fraction of sp³-hybridized carbons (Fsp3) is 0.400. The number of amides is 2. The summed E-state index contributed by atoms with van der Waals surface area (Å²) in [5.74, 6) is 1.24. The third-order valence-corrected chi connectivity index (χ3v) is 4.52. The van der Waals surface area contributed by atoms with Crippen molar-refractivity contribution < 1.29 is 18.7 Å². The lowest BCUT2D eigenvalue weighted by Crippen LogP contribution is -2.34. The molecule has 6 heteroatoms. The molecule has 0 aliphatic carbocycles. The molecule has 0 N–H and O–H groups in total. The average Bonchev–Trinajstić information content (AvgIpc) is 3.27. The molecular weight excluding hydrogens is 332 g/mol.